The molecule has 0 aliphatic rings. The Hall–Kier alpha value is -1.82. The lowest BCUT2D eigenvalue weighted by Gasteiger charge is -2.08. The quantitative estimate of drug-likeness (QED) is 0.838. The minimum atomic E-state index is -0.126. The molecule has 0 spiro atoms. The average molecular weight is 276 g/mol. The second-order valence-electron chi connectivity index (χ2n) is 4.22. The number of hydrogen-bond acceptors (Lipinski definition) is 4. The molecule has 0 atom stereocenters. The van der Waals surface area contributed by atoms with Crippen molar-refractivity contribution in [2.75, 3.05) is 0 Å². The Morgan fingerprint density at radius 3 is 3.00 bits per heavy atom. The summed E-state index contributed by atoms with van der Waals surface area (Å²) in [5, 5.41) is 10.6. The van der Waals surface area contributed by atoms with E-state index in [4.69, 9.17) is 0 Å². The van der Waals surface area contributed by atoms with E-state index in [1.54, 1.807) is 12.4 Å². The smallest absolute Gasteiger partial charge is 0.251 e. The summed E-state index contributed by atoms with van der Waals surface area (Å²) in [7, 11) is 0. The molecule has 0 fully saturated rings. The molecule has 0 aliphatic carbocycles. The van der Waals surface area contributed by atoms with Gasteiger partial charge < -0.3 is 9.88 Å². The van der Waals surface area contributed by atoms with Gasteiger partial charge in [-0.2, -0.15) is 0 Å². The fraction of sp³-hybridized carbons (Fsp3) is 0.308. The number of aryl methyl sites for hydroxylation is 2. The Morgan fingerprint density at radius 2 is 2.26 bits per heavy atom. The number of rotatable bonds is 4. The lowest BCUT2D eigenvalue weighted by Crippen LogP contribution is -2.25. The molecule has 1 amide bonds. The Kier molecular flexibility index (Phi) is 4.21. The second-order valence-corrected chi connectivity index (χ2v) is 4.73. The molecule has 100 valence electrons. The molecule has 2 aromatic rings. The summed E-state index contributed by atoms with van der Waals surface area (Å²) >= 11 is 4.25. The molecule has 0 bridgehead atoms. The molecule has 0 unspecified atom stereocenters. The van der Waals surface area contributed by atoms with Gasteiger partial charge in [0.15, 0.2) is 5.82 Å². The summed E-state index contributed by atoms with van der Waals surface area (Å²) in [5.41, 5.74) is 1.56. The zero-order valence-electron chi connectivity index (χ0n) is 10.9. The molecule has 1 aromatic carbocycles. The zero-order chi connectivity index (χ0) is 13.8. The van der Waals surface area contributed by atoms with Crippen LogP contribution in [0, 0.1) is 6.92 Å². The highest BCUT2D eigenvalue weighted by Gasteiger charge is 2.10. The third kappa shape index (κ3) is 3.14. The van der Waals surface area contributed by atoms with Gasteiger partial charge in [0, 0.05) is 17.0 Å². The molecular weight excluding hydrogens is 260 g/mol. The lowest BCUT2D eigenvalue weighted by molar-refractivity contribution is 0.0948. The summed E-state index contributed by atoms with van der Waals surface area (Å²) in [6.45, 7) is 5.05. The Labute approximate surface area is 117 Å². The number of amides is 1. The molecule has 2 rings (SSSR count). The molecule has 0 radical (unpaired) electrons. The van der Waals surface area contributed by atoms with Crippen LogP contribution in [0.4, 0.5) is 0 Å². The van der Waals surface area contributed by atoms with Gasteiger partial charge in [-0.25, -0.2) is 0 Å². The highest BCUT2D eigenvalue weighted by molar-refractivity contribution is 7.80. The fourth-order valence-electron chi connectivity index (χ4n) is 1.79. The van der Waals surface area contributed by atoms with Crippen LogP contribution in [0.3, 0.4) is 0 Å². The van der Waals surface area contributed by atoms with Crippen LogP contribution in [0.1, 0.15) is 28.7 Å². The maximum absolute atomic E-state index is 12.1. The summed E-state index contributed by atoms with van der Waals surface area (Å²) in [6.07, 6.45) is 1.65. The van der Waals surface area contributed by atoms with Crippen molar-refractivity contribution < 1.29 is 4.79 Å². The fourth-order valence-corrected chi connectivity index (χ4v) is 1.99. The molecule has 0 aliphatic heterocycles. The molecule has 1 N–H and O–H groups in total. The van der Waals surface area contributed by atoms with E-state index in [0.29, 0.717) is 12.1 Å². The van der Waals surface area contributed by atoms with Crippen molar-refractivity contribution in [1.82, 2.24) is 20.1 Å². The van der Waals surface area contributed by atoms with Crippen LogP contribution in [-0.2, 0) is 13.1 Å². The number of hydrogen-bond donors (Lipinski definition) is 2. The van der Waals surface area contributed by atoms with Crippen LogP contribution in [0.2, 0.25) is 0 Å². The Bertz CT molecular complexity index is 594. The maximum atomic E-state index is 12.1. The van der Waals surface area contributed by atoms with E-state index in [-0.39, 0.29) is 5.91 Å². The molecule has 0 saturated carbocycles. The van der Waals surface area contributed by atoms with Crippen molar-refractivity contribution in [1.29, 1.82) is 0 Å². The van der Waals surface area contributed by atoms with Crippen LogP contribution in [0.15, 0.2) is 29.4 Å². The average Bonchev–Trinajstić information content (AvgIpc) is 2.86. The van der Waals surface area contributed by atoms with Crippen molar-refractivity contribution >= 4 is 18.5 Å². The van der Waals surface area contributed by atoms with Gasteiger partial charge in [-0.1, -0.05) is 6.07 Å². The first-order valence-electron chi connectivity index (χ1n) is 6.06. The van der Waals surface area contributed by atoms with E-state index in [1.807, 2.05) is 30.5 Å². The van der Waals surface area contributed by atoms with E-state index >= 15 is 0 Å². The first-order valence-corrected chi connectivity index (χ1v) is 6.51. The number of carbonyl (C=O) groups excluding carboxylic acids is 1. The first kappa shape index (κ1) is 13.6. The van der Waals surface area contributed by atoms with Gasteiger partial charge in [0.2, 0.25) is 0 Å². The SMILES string of the molecule is CCn1cnnc1CNC(=O)c1cc(S)ccc1C. The maximum Gasteiger partial charge on any atom is 0.251 e. The molecule has 1 aromatic heterocycles. The van der Waals surface area contributed by atoms with Crippen LogP contribution < -0.4 is 5.32 Å². The van der Waals surface area contributed by atoms with E-state index in [0.717, 1.165) is 22.8 Å². The summed E-state index contributed by atoms with van der Waals surface area (Å²) < 4.78 is 1.89. The topological polar surface area (TPSA) is 59.8 Å². The summed E-state index contributed by atoms with van der Waals surface area (Å²) in [4.78, 5) is 12.9. The minimum Gasteiger partial charge on any atom is -0.345 e. The molecule has 6 heteroatoms. The molecule has 5 nitrogen and oxygen atoms in total. The van der Waals surface area contributed by atoms with E-state index in [1.165, 1.54) is 0 Å². The van der Waals surface area contributed by atoms with Gasteiger partial charge in [0.1, 0.15) is 6.33 Å². The first-order chi connectivity index (χ1) is 9.11. The number of aromatic nitrogens is 3. The number of carbonyl (C=O) groups is 1. The molecule has 1 heterocycles. The minimum absolute atomic E-state index is 0.126. The van der Waals surface area contributed by atoms with E-state index in [9.17, 15) is 4.79 Å². The monoisotopic (exact) mass is 276 g/mol. The lowest BCUT2D eigenvalue weighted by atomic mass is 10.1. The standard InChI is InChI=1S/C13H16N4OS/c1-3-17-8-15-16-12(17)7-14-13(18)11-6-10(19)5-4-9(11)2/h4-6,8,19H,3,7H2,1-2H3,(H,14,18). The second kappa shape index (κ2) is 5.88. The van der Waals surface area contributed by atoms with Crippen molar-refractivity contribution in [3.05, 3.63) is 41.5 Å². The highest BCUT2D eigenvalue weighted by Crippen LogP contribution is 2.14. The van der Waals surface area contributed by atoms with Crippen molar-refractivity contribution in [2.45, 2.75) is 31.8 Å². The van der Waals surface area contributed by atoms with Crippen molar-refractivity contribution in [3.8, 4) is 0 Å². The highest BCUT2D eigenvalue weighted by atomic mass is 32.1. The van der Waals surface area contributed by atoms with Crippen molar-refractivity contribution in [2.24, 2.45) is 0 Å². The van der Waals surface area contributed by atoms with Crippen LogP contribution >= 0.6 is 12.6 Å². The van der Waals surface area contributed by atoms with Gasteiger partial charge in [0.05, 0.1) is 6.54 Å². The van der Waals surface area contributed by atoms with Crippen molar-refractivity contribution in [3.63, 3.8) is 0 Å². The Morgan fingerprint density at radius 1 is 1.47 bits per heavy atom. The van der Waals surface area contributed by atoms with E-state index < -0.39 is 0 Å². The summed E-state index contributed by atoms with van der Waals surface area (Å²) in [5.74, 6) is 0.620. The molecular formula is C13H16N4OS. The molecule has 0 saturated heterocycles. The van der Waals surface area contributed by atoms with Crippen LogP contribution in [0.25, 0.3) is 0 Å². The zero-order valence-corrected chi connectivity index (χ0v) is 11.8. The largest absolute Gasteiger partial charge is 0.345 e. The third-order valence-electron chi connectivity index (χ3n) is 2.91. The number of thiol groups is 1. The number of nitrogens with one attached hydrogen (secondary N) is 1. The van der Waals surface area contributed by atoms with Gasteiger partial charge in [0.25, 0.3) is 5.91 Å². The summed E-state index contributed by atoms with van der Waals surface area (Å²) in [6, 6.07) is 5.51. The van der Waals surface area contributed by atoms with Gasteiger partial charge >= 0.3 is 0 Å². The Balaban J connectivity index is 2.07. The van der Waals surface area contributed by atoms with E-state index in [2.05, 4.69) is 28.1 Å². The number of nitrogens with zero attached hydrogens (tertiary/aromatic N) is 3. The van der Waals surface area contributed by atoms with Gasteiger partial charge in [-0.05, 0) is 31.5 Å². The van der Waals surface area contributed by atoms with Gasteiger partial charge in [-0.15, -0.1) is 22.8 Å². The predicted molar refractivity (Wildman–Crippen MR) is 75.3 cm³/mol. The van der Waals surface area contributed by atoms with Crippen LogP contribution in [0.5, 0.6) is 0 Å². The van der Waals surface area contributed by atoms with Gasteiger partial charge in [-0.3, -0.25) is 4.79 Å². The molecule has 19 heavy (non-hydrogen) atoms. The normalized spacial score (nSPS) is 10.5. The predicted octanol–water partition coefficient (Wildman–Crippen LogP) is 1.83. The number of benzene rings is 1. The van der Waals surface area contributed by atoms with Crippen LogP contribution in [-0.4, -0.2) is 20.7 Å². The third-order valence-corrected chi connectivity index (χ3v) is 3.19.